The van der Waals surface area contributed by atoms with Crippen LogP contribution in [0, 0.1) is 11.8 Å². The van der Waals surface area contributed by atoms with Crippen LogP contribution in [0.1, 0.15) is 33.6 Å². The number of allylic oxidation sites excluding steroid dienone is 3. The standard InChI is InChI=1S/C12H21N/c1-4-9(2)10(3)12(8-13)7-11-5-6-11/h5,7,9-10H,4,6,8,13H2,1-3H3/b12-7+. The molecule has 1 aliphatic rings. The van der Waals surface area contributed by atoms with Crippen molar-refractivity contribution < 1.29 is 0 Å². The molecular formula is C12H21N. The van der Waals surface area contributed by atoms with Crippen molar-refractivity contribution in [2.24, 2.45) is 17.6 Å². The van der Waals surface area contributed by atoms with Crippen molar-refractivity contribution in [1.82, 2.24) is 0 Å². The lowest BCUT2D eigenvalue weighted by molar-refractivity contribution is 0.423. The molecule has 1 heteroatoms. The smallest absolute Gasteiger partial charge is 0.0142 e. The molecule has 0 amide bonds. The van der Waals surface area contributed by atoms with Crippen LogP contribution < -0.4 is 5.73 Å². The van der Waals surface area contributed by atoms with E-state index in [0.29, 0.717) is 12.5 Å². The van der Waals surface area contributed by atoms with E-state index in [9.17, 15) is 0 Å². The lowest BCUT2D eigenvalue weighted by Gasteiger charge is -2.20. The minimum absolute atomic E-state index is 0.636. The van der Waals surface area contributed by atoms with E-state index in [2.05, 4.69) is 32.9 Å². The first kappa shape index (κ1) is 10.5. The Balaban J connectivity index is 2.59. The second-order valence-corrected chi connectivity index (χ2v) is 4.08. The van der Waals surface area contributed by atoms with E-state index in [1.807, 2.05) is 0 Å². The van der Waals surface area contributed by atoms with Gasteiger partial charge in [0.1, 0.15) is 0 Å². The second-order valence-electron chi connectivity index (χ2n) is 4.08. The fraction of sp³-hybridized carbons (Fsp3) is 0.667. The highest BCUT2D eigenvalue weighted by molar-refractivity contribution is 5.37. The first-order chi connectivity index (χ1) is 6.19. The maximum atomic E-state index is 5.75. The van der Waals surface area contributed by atoms with Gasteiger partial charge in [-0.15, -0.1) is 0 Å². The molecule has 0 aromatic rings. The van der Waals surface area contributed by atoms with Crippen LogP contribution >= 0.6 is 0 Å². The fourth-order valence-corrected chi connectivity index (χ4v) is 1.51. The summed E-state index contributed by atoms with van der Waals surface area (Å²) in [5.41, 5.74) is 8.63. The Kier molecular flexibility index (Phi) is 3.73. The van der Waals surface area contributed by atoms with Crippen molar-refractivity contribution in [3.8, 4) is 0 Å². The van der Waals surface area contributed by atoms with Gasteiger partial charge in [-0.25, -0.2) is 0 Å². The van der Waals surface area contributed by atoms with Crippen molar-refractivity contribution in [2.45, 2.75) is 33.6 Å². The summed E-state index contributed by atoms with van der Waals surface area (Å²) < 4.78 is 0. The molecule has 2 N–H and O–H groups in total. The number of rotatable bonds is 5. The van der Waals surface area contributed by atoms with Gasteiger partial charge in [0.25, 0.3) is 0 Å². The van der Waals surface area contributed by atoms with E-state index in [4.69, 9.17) is 5.73 Å². The molecule has 0 saturated carbocycles. The van der Waals surface area contributed by atoms with E-state index in [1.54, 1.807) is 0 Å². The Morgan fingerprint density at radius 3 is 2.62 bits per heavy atom. The largest absolute Gasteiger partial charge is 0.327 e. The van der Waals surface area contributed by atoms with Gasteiger partial charge in [0.2, 0.25) is 0 Å². The highest BCUT2D eigenvalue weighted by Crippen LogP contribution is 2.27. The molecule has 0 aromatic heterocycles. The van der Waals surface area contributed by atoms with E-state index in [1.165, 1.54) is 24.0 Å². The Morgan fingerprint density at radius 2 is 2.23 bits per heavy atom. The number of nitrogens with two attached hydrogens (primary N) is 1. The number of hydrogen-bond donors (Lipinski definition) is 1. The summed E-state index contributed by atoms with van der Waals surface area (Å²) in [6.45, 7) is 7.54. The van der Waals surface area contributed by atoms with Crippen LogP contribution in [0.4, 0.5) is 0 Å². The normalized spacial score (nSPS) is 20.9. The van der Waals surface area contributed by atoms with Gasteiger partial charge < -0.3 is 5.73 Å². The highest BCUT2D eigenvalue weighted by atomic mass is 14.5. The molecule has 0 radical (unpaired) electrons. The Labute approximate surface area is 81.7 Å². The molecule has 1 rings (SSSR count). The minimum atomic E-state index is 0.636. The van der Waals surface area contributed by atoms with Crippen molar-refractivity contribution in [1.29, 1.82) is 0 Å². The van der Waals surface area contributed by atoms with E-state index >= 15 is 0 Å². The lowest BCUT2D eigenvalue weighted by atomic mass is 9.86. The maximum absolute atomic E-state index is 5.75. The van der Waals surface area contributed by atoms with Crippen molar-refractivity contribution >= 4 is 0 Å². The molecule has 1 aliphatic carbocycles. The van der Waals surface area contributed by atoms with Crippen molar-refractivity contribution in [3.63, 3.8) is 0 Å². The zero-order valence-corrected chi connectivity index (χ0v) is 9.01. The predicted octanol–water partition coefficient (Wildman–Crippen LogP) is 2.88. The topological polar surface area (TPSA) is 26.0 Å². The van der Waals surface area contributed by atoms with Crippen LogP contribution in [0.25, 0.3) is 0 Å². The molecule has 0 fully saturated rings. The van der Waals surface area contributed by atoms with Crippen molar-refractivity contribution in [2.75, 3.05) is 6.54 Å². The maximum Gasteiger partial charge on any atom is 0.0142 e. The van der Waals surface area contributed by atoms with Crippen LogP contribution in [-0.2, 0) is 0 Å². The Morgan fingerprint density at radius 1 is 1.62 bits per heavy atom. The van der Waals surface area contributed by atoms with Gasteiger partial charge in [-0.3, -0.25) is 0 Å². The SMILES string of the molecule is CCC(C)C(C)/C(=C/C1=CC1)CN. The van der Waals surface area contributed by atoms with Gasteiger partial charge in [-0.1, -0.05) is 44.9 Å². The molecular weight excluding hydrogens is 158 g/mol. The molecule has 0 heterocycles. The average molecular weight is 179 g/mol. The molecule has 0 bridgehead atoms. The highest BCUT2D eigenvalue weighted by Gasteiger charge is 2.15. The zero-order valence-electron chi connectivity index (χ0n) is 9.01. The van der Waals surface area contributed by atoms with Crippen LogP contribution in [0.2, 0.25) is 0 Å². The zero-order chi connectivity index (χ0) is 9.84. The third kappa shape index (κ3) is 3.00. The predicted molar refractivity (Wildman–Crippen MR) is 58.5 cm³/mol. The molecule has 13 heavy (non-hydrogen) atoms. The fourth-order valence-electron chi connectivity index (χ4n) is 1.51. The van der Waals surface area contributed by atoms with Gasteiger partial charge in [-0.2, -0.15) is 0 Å². The first-order valence-electron chi connectivity index (χ1n) is 5.28. The quantitative estimate of drug-likeness (QED) is 0.690. The lowest BCUT2D eigenvalue weighted by Crippen LogP contribution is -2.16. The van der Waals surface area contributed by atoms with Crippen molar-refractivity contribution in [3.05, 3.63) is 23.3 Å². The van der Waals surface area contributed by atoms with Crippen LogP contribution in [0.3, 0.4) is 0 Å². The third-order valence-corrected chi connectivity index (χ3v) is 3.13. The summed E-state index contributed by atoms with van der Waals surface area (Å²) in [4.78, 5) is 0. The molecule has 0 aliphatic heterocycles. The van der Waals surface area contributed by atoms with Crippen LogP contribution in [0.5, 0.6) is 0 Å². The Bertz CT molecular complexity index is 225. The van der Waals surface area contributed by atoms with Crippen LogP contribution in [0.15, 0.2) is 23.3 Å². The minimum Gasteiger partial charge on any atom is -0.327 e. The Hall–Kier alpha value is -0.560. The molecule has 74 valence electrons. The van der Waals surface area contributed by atoms with Gasteiger partial charge in [-0.05, 0) is 23.8 Å². The average Bonchev–Trinajstić information content (AvgIpc) is 2.95. The molecule has 2 atom stereocenters. The van der Waals surface area contributed by atoms with E-state index < -0.39 is 0 Å². The first-order valence-corrected chi connectivity index (χ1v) is 5.28. The molecule has 2 unspecified atom stereocenters. The van der Waals surface area contributed by atoms with Gasteiger partial charge in [0, 0.05) is 6.54 Å². The monoisotopic (exact) mass is 179 g/mol. The summed E-state index contributed by atoms with van der Waals surface area (Å²) in [6, 6.07) is 0. The molecule has 0 aromatic carbocycles. The molecule has 0 saturated heterocycles. The van der Waals surface area contributed by atoms with Gasteiger partial charge in [0.05, 0.1) is 0 Å². The summed E-state index contributed by atoms with van der Waals surface area (Å²) in [7, 11) is 0. The number of hydrogen-bond acceptors (Lipinski definition) is 1. The summed E-state index contributed by atoms with van der Waals surface area (Å²) in [5.74, 6) is 1.38. The van der Waals surface area contributed by atoms with Gasteiger partial charge in [0.15, 0.2) is 0 Å². The van der Waals surface area contributed by atoms with E-state index in [0.717, 1.165) is 5.92 Å². The summed E-state index contributed by atoms with van der Waals surface area (Å²) >= 11 is 0. The van der Waals surface area contributed by atoms with E-state index in [-0.39, 0.29) is 0 Å². The molecule has 1 nitrogen and oxygen atoms in total. The van der Waals surface area contributed by atoms with Crippen LogP contribution in [-0.4, -0.2) is 6.54 Å². The molecule has 0 spiro atoms. The summed E-state index contributed by atoms with van der Waals surface area (Å²) in [6.07, 6.45) is 6.95. The van der Waals surface area contributed by atoms with Gasteiger partial charge >= 0.3 is 0 Å². The third-order valence-electron chi connectivity index (χ3n) is 3.13. The second kappa shape index (κ2) is 4.61. The summed E-state index contributed by atoms with van der Waals surface area (Å²) in [5, 5.41) is 0.